The first kappa shape index (κ1) is 12.8. The van der Waals surface area contributed by atoms with Gasteiger partial charge in [-0.15, -0.1) is 12.3 Å². The molecule has 0 aliphatic rings. The zero-order chi connectivity index (χ0) is 12.1. The SMILES string of the molecule is C#CCCNc1nc(C(C)C)nc(Cl)c1C. The van der Waals surface area contributed by atoms with Gasteiger partial charge in [-0.25, -0.2) is 9.97 Å². The van der Waals surface area contributed by atoms with Crippen LogP contribution in [0.4, 0.5) is 5.82 Å². The Balaban J connectivity index is 2.94. The zero-order valence-electron chi connectivity index (χ0n) is 9.84. The first-order valence-electron chi connectivity index (χ1n) is 5.27. The lowest BCUT2D eigenvalue weighted by molar-refractivity contribution is 0.771. The highest BCUT2D eigenvalue weighted by atomic mass is 35.5. The predicted octanol–water partition coefficient (Wildman–Crippen LogP) is 3.00. The van der Waals surface area contributed by atoms with E-state index in [2.05, 4.69) is 21.2 Å². The van der Waals surface area contributed by atoms with Crippen molar-refractivity contribution in [3.8, 4) is 12.3 Å². The number of rotatable bonds is 4. The Labute approximate surface area is 102 Å². The number of aromatic nitrogens is 2. The minimum absolute atomic E-state index is 0.256. The molecule has 0 aliphatic carbocycles. The van der Waals surface area contributed by atoms with Crippen LogP contribution in [-0.2, 0) is 0 Å². The van der Waals surface area contributed by atoms with Crippen LogP contribution in [0, 0.1) is 19.3 Å². The topological polar surface area (TPSA) is 37.8 Å². The first-order valence-corrected chi connectivity index (χ1v) is 5.65. The van der Waals surface area contributed by atoms with E-state index in [4.69, 9.17) is 18.0 Å². The van der Waals surface area contributed by atoms with Crippen LogP contribution in [0.3, 0.4) is 0 Å². The molecule has 1 N–H and O–H groups in total. The van der Waals surface area contributed by atoms with Crippen LogP contribution in [0.2, 0.25) is 5.15 Å². The summed E-state index contributed by atoms with van der Waals surface area (Å²) in [5.74, 6) is 4.35. The summed E-state index contributed by atoms with van der Waals surface area (Å²) in [7, 11) is 0. The molecule has 4 heteroatoms. The predicted molar refractivity (Wildman–Crippen MR) is 67.8 cm³/mol. The molecule has 1 heterocycles. The summed E-state index contributed by atoms with van der Waals surface area (Å²) in [6.45, 7) is 6.66. The van der Waals surface area contributed by atoms with Gasteiger partial charge < -0.3 is 5.32 Å². The fraction of sp³-hybridized carbons (Fsp3) is 0.500. The third-order valence-corrected chi connectivity index (χ3v) is 2.55. The summed E-state index contributed by atoms with van der Waals surface area (Å²) < 4.78 is 0. The lowest BCUT2D eigenvalue weighted by Crippen LogP contribution is -2.09. The van der Waals surface area contributed by atoms with Crippen molar-refractivity contribution in [3.05, 3.63) is 16.5 Å². The molecule has 0 unspecified atom stereocenters. The third kappa shape index (κ3) is 3.11. The lowest BCUT2D eigenvalue weighted by atomic mass is 10.2. The highest BCUT2D eigenvalue weighted by molar-refractivity contribution is 6.30. The Hall–Kier alpha value is -1.27. The van der Waals surface area contributed by atoms with E-state index in [1.54, 1.807) is 0 Å². The molecule has 0 saturated heterocycles. The van der Waals surface area contributed by atoms with Crippen LogP contribution in [-0.4, -0.2) is 16.5 Å². The average Bonchev–Trinajstić information content (AvgIpc) is 2.24. The summed E-state index contributed by atoms with van der Waals surface area (Å²) in [6, 6.07) is 0. The molecule has 0 fully saturated rings. The van der Waals surface area contributed by atoms with Crippen molar-refractivity contribution in [1.82, 2.24) is 9.97 Å². The number of terminal acetylenes is 1. The maximum Gasteiger partial charge on any atom is 0.137 e. The van der Waals surface area contributed by atoms with E-state index in [1.165, 1.54) is 0 Å². The van der Waals surface area contributed by atoms with E-state index in [-0.39, 0.29) is 5.92 Å². The second kappa shape index (κ2) is 5.72. The molecule has 86 valence electrons. The third-order valence-electron chi connectivity index (χ3n) is 2.18. The summed E-state index contributed by atoms with van der Waals surface area (Å²) >= 11 is 6.04. The highest BCUT2D eigenvalue weighted by Crippen LogP contribution is 2.22. The van der Waals surface area contributed by atoms with Crippen LogP contribution in [0.25, 0.3) is 0 Å². The van der Waals surface area contributed by atoms with Crippen LogP contribution in [0.1, 0.15) is 37.6 Å². The number of nitrogens with zero attached hydrogens (tertiary/aromatic N) is 2. The molecule has 1 aromatic rings. The van der Waals surface area contributed by atoms with Crippen molar-refractivity contribution in [2.75, 3.05) is 11.9 Å². The minimum atomic E-state index is 0.256. The van der Waals surface area contributed by atoms with Crippen molar-refractivity contribution in [1.29, 1.82) is 0 Å². The van der Waals surface area contributed by atoms with Crippen LogP contribution >= 0.6 is 11.6 Å². The fourth-order valence-electron chi connectivity index (χ4n) is 1.19. The molecule has 16 heavy (non-hydrogen) atoms. The number of halogens is 1. The Morgan fingerprint density at radius 2 is 2.12 bits per heavy atom. The highest BCUT2D eigenvalue weighted by Gasteiger charge is 2.10. The van der Waals surface area contributed by atoms with E-state index in [1.807, 2.05) is 20.8 Å². The number of hydrogen-bond acceptors (Lipinski definition) is 3. The first-order chi connectivity index (χ1) is 7.56. The van der Waals surface area contributed by atoms with Crippen LogP contribution < -0.4 is 5.32 Å². The Morgan fingerprint density at radius 1 is 1.44 bits per heavy atom. The van der Waals surface area contributed by atoms with E-state index in [9.17, 15) is 0 Å². The van der Waals surface area contributed by atoms with Crippen molar-refractivity contribution in [2.24, 2.45) is 0 Å². The zero-order valence-corrected chi connectivity index (χ0v) is 10.6. The summed E-state index contributed by atoms with van der Waals surface area (Å²) in [4.78, 5) is 8.66. The van der Waals surface area contributed by atoms with E-state index < -0.39 is 0 Å². The van der Waals surface area contributed by atoms with Gasteiger partial charge in [-0.2, -0.15) is 0 Å². The molecular formula is C12H16ClN3. The molecule has 0 aliphatic heterocycles. The average molecular weight is 238 g/mol. The van der Waals surface area contributed by atoms with Crippen molar-refractivity contribution >= 4 is 17.4 Å². The molecule has 1 rings (SSSR count). The maximum atomic E-state index is 6.04. The lowest BCUT2D eigenvalue weighted by Gasteiger charge is -2.12. The van der Waals surface area contributed by atoms with Gasteiger partial charge in [0.05, 0.1) is 0 Å². The maximum absolute atomic E-state index is 6.04. The Morgan fingerprint density at radius 3 is 2.69 bits per heavy atom. The largest absolute Gasteiger partial charge is 0.369 e. The van der Waals surface area contributed by atoms with Gasteiger partial charge >= 0.3 is 0 Å². The normalized spacial score (nSPS) is 10.2. The van der Waals surface area contributed by atoms with Crippen molar-refractivity contribution < 1.29 is 0 Å². The molecule has 0 atom stereocenters. The number of hydrogen-bond donors (Lipinski definition) is 1. The molecule has 0 aromatic carbocycles. The monoisotopic (exact) mass is 237 g/mol. The van der Waals surface area contributed by atoms with Crippen molar-refractivity contribution in [2.45, 2.75) is 33.1 Å². The summed E-state index contributed by atoms with van der Waals surface area (Å²) in [6.07, 6.45) is 5.85. The van der Waals surface area contributed by atoms with Gasteiger partial charge in [0.15, 0.2) is 0 Å². The van der Waals surface area contributed by atoms with Gasteiger partial charge in [-0.1, -0.05) is 25.4 Å². The summed E-state index contributed by atoms with van der Waals surface area (Å²) in [5, 5.41) is 3.67. The molecule has 0 amide bonds. The molecule has 0 spiro atoms. The van der Waals surface area contributed by atoms with Gasteiger partial charge in [0, 0.05) is 24.4 Å². The minimum Gasteiger partial charge on any atom is -0.369 e. The second-order valence-corrected chi connectivity index (χ2v) is 4.24. The fourth-order valence-corrected chi connectivity index (χ4v) is 1.37. The van der Waals surface area contributed by atoms with Crippen molar-refractivity contribution in [3.63, 3.8) is 0 Å². The van der Waals surface area contributed by atoms with Gasteiger partial charge in [0.25, 0.3) is 0 Å². The van der Waals surface area contributed by atoms with E-state index >= 15 is 0 Å². The van der Waals surface area contributed by atoms with Crippen LogP contribution in [0.15, 0.2) is 0 Å². The molecular weight excluding hydrogens is 222 g/mol. The van der Waals surface area contributed by atoms with Gasteiger partial charge in [-0.05, 0) is 6.92 Å². The molecule has 0 bridgehead atoms. The van der Waals surface area contributed by atoms with E-state index in [0.29, 0.717) is 18.1 Å². The quantitative estimate of drug-likeness (QED) is 0.497. The van der Waals surface area contributed by atoms with Gasteiger partial charge in [0.2, 0.25) is 0 Å². The van der Waals surface area contributed by atoms with Gasteiger partial charge in [0.1, 0.15) is 16.8 Å². The van der Waals surface area contributed by atoms with E-state index in [0.717, 1.165) is 17.2 Å². The Kier molecular flexibility index (Phi) is 4.57. The molecule has 0 radical (unpaired) electrons. The number of nitrogens with one attached hydrogen (secondary N) is 1. The standard InChI is InChI=1S/C12H16ClN3/c1-5-6-7-14-12-9(4)10(13)15-11(16-12)8(2)3/h1,8H,6-7H2,2-4H3,(H,14,15,16). The van der Waals surface area contributed by atoms with Crippen LogP contribution in [0.5, 0.6) is 0 Å². The Bertz CT molecular complexity index is 407. The smallest absolute Gasteiger partial charge is 0.137 e. The summed E-state index contributed by atoms with van der Waals surface area (Å²) in [5.41, 5.74) is 0.864. The molecule has 3 nitrogen and oxygen atoms in total. The van der Waals surface area contributed by atoms with Gasteiger partial charge in [-0.3, -0.25) is 0 Å². The molecule has 0 saturated carbocycles. The molecule has 1 aromatic heterocycles. The second-order valence-electron chi connectivity index (χ2n) is 3.88. The number of anilines is 1.